The van der Waals surface area contributed by atoms with E-state index in [9.17, 15) is 0 Å². The zero-order valence-corrected chi connectivity index (χ0v) is 77.2. The fourth-order valence-electron chi connectivity index (χ4n) is 10.9. The van der Waals surface area contributed by atoms with Gasteiger partial charge in [0.2, 0.25) is 0 Å². The first-order valence-corrected chi connectivity index (χ1v) is 44.2. The number of unbranched alkanes of at least 4 members (excludes halogenated alkanes) is 63. The van der Waals surface area contributed by atoms with E-state index >= 15 is 0 Å². The van der Waals surface area contributed by atoms with Crippen LogP contribution >= 0.6 is 0 Å². The zero-order chi connectivity index (χ0) is 68.9. The number of hydrogen-bond acceptors (Lipinski definition) is 0. The van der Waals surface area contributed by atoms with Crippen molar-refractivity contribution in [3.8, 4) is 0 Å². The molecule has 0 aromatic rings. The van der Waals surface area contributed by atoms with E-state index in [2.05, 4.69) is 125 Å². The summed E-state index contributed by atoms with van der Waals surface area (Å²) in [5.74, 6) is 0. The molecule has 0 spiro atoms. The van der Waals surface area contributed by atoms with Gasteiger partial charge in [-0.25, -0.2) is 0 Å². The molecule has 0 atom stereocenters. The summed E-state index contributed by atoms with van der Waals surface area (Å²) >= 11 is 0. The molecule has 2 heteroatoms. The van der Waals surface area contributed by atoms with Gasteiger partial charge in [-0.2, -0.15) is 0 Å². The molecule has 0 aromatic carbocycles. The fraction of sp³-hybridized carbons (Fsp3) is 1.00. The van der Waals surface area contributed by atoms with Crippen LogP contribution in [0.1, 0.15) is 587 Å². The van der Waals surface area contributed by atoms with E-state index in [0.29, 0.717) is 0 Å². The molecule has 0 N–H and O–H groups in total. The Morgan fingerprint density at radius 2 is 0.0978 bits per heavy atom. The van der Waals surface area contributed by atoms with Crippen molar-refractivity contribution in [3.05, 3.63) is 0 Å². The normalized spacial score (nSPS) is 9.98. The molecule has 0 unspecified atom stereocenters. The zero-order valence-electron chi connectivity index (χ0n) is 70.9. The largest absolute Gasteiger partial charge is 1.00 e. The van der Waals surface area contributed by atoms with E-state index in [-0.39, 0.29) is 103 Å². The molecule has 0 bridgehead atoms. The number of rotatable bonds is 63. The Labute approximate surface area is 681 Å². The molecule has 558 valence electrons. The standard InChI is InChI=1S/9C10H22.2K/c9*1-3-5-7-9-10-8-6-4-2;;/h9*3-10H2,1-2H3;;/q;;;;;;;;;2*+1. The van der Waals surface area contributed by atoms with Gasteiger partial charge < -0.3 is 0 Å². The topological polar surface area (TPSA) is 0 Å². The minimum atomic E-state index is 0. The minimum absolute atomic E-state index is 0. The molecule has 0 aliphatic carbocycles. The molecule has 0 saturated carbocycles. The van der Waals surface area contributed by atoms with Gasteiger partial charge in [0.25, 0.3) is 0 Å². The second-order valence-electron chi connectivity index (χ2n) is 28.1. The van der Waals surface area contributed by atoms with Crippen LogP contribution in [0.25, 0.3) is 0 Å². The molecule has 0 aliphatic rings. The third kappa shape index (κ3) is 181. The Bertz CT molecular complexity index is 602. The van der Waals surface area contributed by atoms with E-state index in [1.165, 1.54) is 462 Å². The quantitative estimate of drug-likeness (QED) is 0.0421. The van der Waals surface area contributed by atoms with Crippen molar-refractivity contribution in [2.24, 2.45) is 0 Å². The second-order valence-corrected chi connectivity index (χ2v) is 28.1. The Kier molecular flexibility index (Phi) is 188. The summed E-state index contributed by atoms with van der Waals surface area (Å²) in [7, 11) is 0. The maximum Gasteiger partial charge on any atom is 1.00 e. The summed E-state index contributed by atoms with van der Waals surface area (Å²) in [5, 5.41) is 0. The van der Waals surface area contributed by atoms with Gasteiger partial charge in [-0.3, -0.25) is 0 Å². The predicted molar refractivity (Wildman–Crippen MR) is 435 cm³/mol. The van der Waals surface area contributed by atoms with E-state index in [1.54, 1.807) is 0 Å². The van der Waals surface area contributed by atoms with Crippen LogP contribution in [0.3, 0.4) is 0 Å². The Hall–Kier alpha value is 3.27. The van der Waals surface area contributed by atoms with Crippen molar-refractivity contribution in [2.75, 3.05) is 0 Å². The van der Waals surface area contributed by atoms with Crippen LogP contribution in [0.5, 0.6) is 0 Å². The molecule has 0 aliphatic heterocycles. The van der Waals surface area contributed by atoms with Crippen molar-refractivity contribution >= 4 is 0 Å². The maximum absolute atomic E-state index is 2.27. The smallest absolute Gasteiger partial charge is 0.0654 e. The molecule has 0 rings (SSSR count). The monoisotopic (exact) mass is 1360 g/mol. The van der Waals surface area contributed by atoms with Crippen molar-refractivity contribution < 1.29 is 103 Å². The molecule has 92 heavy (non-hydrogen) atoms. The van der Waals surface area contributed by atoms with Gasteiger partial charge in [-0.15, -0.1) is 0 Å². The van der Waals surface area contributed by atoms with Crippen LogP contribution in [0.15, 0.2) is 0 Å². The van der Waals surface area contributed by atoms with Crippen LogP contribution in [-0.4, -0.2) is 0 Å². The van der Waals surface area contributed by atoms with Gasteiger partial charge >= 0.3 is 103 Å². The fourth-order valence-corrected chi connectivity index (χ4v) is 10.9. The van der Waals surface area contributed by atoms with E-state index < -0.39 is 0 Å². The minimum Gasteiger partial charge on any atom is -0.0654 e. The van der Waals surface area contributed by atoms with Crippen molar-refractivity contribution in [1.29, 1.82) is 0 Å². The molecule has 0 fully saturated rings. The molecular formula is C90H198K2+2. The van der Waals surface area contributed by atoms with Crippen molar-refractivity contribution in [2.45, 2.75) is 587 Å². The first kappa shape index (κ1) is 119. The third-order valence-electron chi connectivity index (χ3n) is 17.6. The summed E-state index contributed by atoms with van der Waals surface area (Å²) in [6.07, 6.45) is 103. The van der Waals surface area contributed by atoms with Gasteiger partial charge in [0, 0.05) is 0 Å². The summed E-state index contributed by atoms with van der Waals surface area (Å²) in [6.45, 7) is 40.9. The Morgan fingerprint density at radius 3 is 0.130 bits per heavy atom. The first-order chi connectivity index (χ1) is 44.2. The maximum atomic E-state index is 2.27. The van der Waals surface area contributed by atoms with E-state index in [0.717, 1.165) is 0 Å². The summed E-state index contributed by atoms with van der Waals surface area (Å²) in [6, 6.07) is 0. The Balaban J connectivity index is -0.0000000889. The van der Waals surface area contributed by atoms with Gasteiger partial charge in [0.15, 0.2) is 0 Å². The van der Waals surface area contributed by atoms with E-state index in [4.69, 9.17) is 0 Å². The average molecular weight is 1360 g/mol. The Morgan fingerprint density at radius 1 is 0.0652 bits per heavy atom. The van der Waals surface area contributed by atoms with Crippen LogP contribution in [0.4, 0.5) is 0 Å². The third-order valence-corrected chi connectivity index (χ3v) is 17.6. The van der Waals surface area contributed by atoms with Gasteiger partial charge in [-0.05, 0) is 0 Å². The van der Waals surface area contributed by atoms with Crippen LogP contribution in [0.2, 0.25) is 0 Å². The SMILES string of the molecule is CCCCCCCCCC.CCCCCCCCCC.CCCCCCCCCC.CCCCCCCCCC.CCCCCCCCCC.CCCCCCCCCC.CCCCCCCCCC.CCCCCCCCCC.CCCCCCCCCC.[K+].[K+]. The predicted octanol–water partition coefficient (Wildman–Crippen LogP) is 31.3. The summed E-state index contributed by atoms with van der Waals surface area (Å²) < 4.78 is 0. The van der Waals surface area contributed by atoms with Crippen molar-refractivity contribution in [3.63, 3.8) is 0 Å². The molecule has 0 heterocycles. The van der Waals surface area contributed by atoms with Gasteiger partial charge in [0.05, 0.1) is 0 Å². The van der Waals surface area contributed by atoms with Crippen molar-refractivity contribution in [1.82, 2.24) is 0 Å². The van der Waals surface area contributed by atoms with E-state index in [1.807, 2.05) is 0 Å². The molecule has 0 radical (unpaired) electrons. The second kappa shape index (κ2) is 145. The summed E-state index contributed by atoms with van der Waals surface area (Å²) in [5.41, 5.74) is 0. The molecule has 0 nitrogen and oxygen atoms in total. The van der Waals surface area contributed by atoms with Gasteiger partial charge in [0.1, 0.15) is 0 Å². The number of hydrogen-bond donors (Lipinski definition) is 0. The molecular weight excluding hydrogens is 1160 g/mol. The van der Waals surface area contributed by atoms with Crippen LogP contribution in [0, 0.1) is 0 Å². The first-order valence-electron chi connectivity index (χ1n) is 44.2. The van der Waals surface area contributed by atoms with Gasteiger partial charge in [-0.1, -0.05) is 587 Å². The molecule has 0 aromatic heterocycles. The molecule has 0 amide bonds. The molecule has 0 saturated heterocycles. The average Bonchev–Trinajstić information content (AvgIpc) is 3.56. The van der Waals surface area contributed by atoms with Crippen LogP contribution in [-0.2, 0) is 0 Å². The van der Waals surface area contributed by atoms with Crippen LogP contribution < -0.4 is 103 Å². The summed E-state index contributed by atoms with van der Waals surface area (Å²) in [4.78, 5) is 0.